The standard InChI is InChI=1S/C22H20N4O2/c1-14-13-25(2)22(28)17(14)10-9-15-6-5-7-16(12-15)19-18-8-3-4-11-26(18)21(24-19)20(23)27/h3-8,11-12,14,17H,13H2,1-2H3,(H2,23,27)/t14-,17?/m1/s1. The molecule has 4 rings (SSSR count). The lowest BCUT2D eigenvalue weighted by Gasteiger charge is -2.05. The van der Waals surface area contributed by atoms with Crippen LogP contribution in [0.3, 0.4) is 0 Å². The van der Waals surface area contributed by atoms with E-state index in [1.165, 1.54) is 0 Å². The van der Waals surface area contributed by atoms with Gasteiger partial charge in [0, 0.05) is 30.9 Å². The molecule has 1 saturated heterocycles. The zero-order valence-corrected chi connectivity index (χ0v) is 15.7. The Balaban J connectivity index is 1.73. The van der Waals surface area contributed by atoms with Crippen molar-refractivity contribution < 1.29 is 9.59 Å². The second kappa shape index (κ2) is 6.86. The Morgan fingerprint density at radius 3 is 2.79 bits per heavy atom. The molecule has 1 aliphatic heterocycles. The number of likely N-dealkylation sites (tertiary alicyclic amines) is 1. The fourth-order valence-corrected chi connectivity index (χ4v) is 3.64. The molecule has 0 aliphatic carbocycles. The first-order chi connectivity index (χ1) is 13.5. The lowest BCUT2D eigenvalue weighted by atomic mass is 9.97. The highest BCUT2D eigenvalue weighted by Gasteiger charge is 2.34. The molecule has 1 fully saturated rings. The van der Waals surface area contributed by atoms with Crippen LogP contribution in [0.15, 0.2) is 48.7 Å². The number of carbonyl (C=O) groups excluding carboxylic acids is 2. The summed E-state index contributed by atoms with van der Waals surface area (Å²) in [5, 5.41) is 0. The summed E-state index contributed by atoms with van der Waals surface area (Å²) in [5.41, 5.74) is 8.57. The molecule has 2 aromatic heterocycles. The lowest BCUT2D eigenvalue weighted by Crippen LogP contribution is -2.21. The van der Waals surface area contributed by atoms with E-state index in [9.17, 15) is 9.59 Å². The molecule has 2 N–H and O–H groups in total. The van der Waals surface area contributed by atoms with E-state index in [0.29, 0.717) is 5.69 Å². The van der Waals surface area contributed by atoms with Crippen LogP contribution in [-0.2, 0) is 4.79 Å². The Morgan fingerprint density at radius 1 is 1.25 bits per heavy atom. The van der Waals surface area contributed by atoms with E-state index in [-0.39, 0.29) is 23.6 Å². The van der Waals surface area contributed by atoms with E-state index in [1.54, 1.807) is 22.5 Å². The maximum atomic E-state index is 12.2. The van der Waals surface area contributed by atoms with Crippen molar-refractivity contribution in [1.82, 2.24) is 14.3 Å². The molecule has 0 bridgehead atoms. The number of aromatic nitrogens is 2. The van der Waals surface area contributed by atoms with Gasteiger partial charge in [-0.15, -0.1) is 0 Å². The summed E-state index contributed by atoms with van der Waals surface area (Å²) in [6, 6.07) is 13.2. The Kier molecular flexibility index (Phi) is 4.36. The fraction of sp³-hybridized carbons (Fsp3) is 0.227. The summed E-state index contributed by atoms with van der Waals surface area (Å²) < 4.78 is 1.69. The zero-order chi connectivity index (χ0) is 19.8. The molecule has 6 nitrogen and oxygen atoms in total. The number of primary amides is 1. The van der Waals surface area contributed by atoms with Crippen molar-refractivity contribution in [3.63, 3.8) is 0 Å². The van der Waals surface area contributed by atoms with E-state index in [2.05, 4.69) is 16.8 Å². The number of pyridine rings is 1. The minimum atomic E-state index is -0.582. The van der Waals surface area contributed by atoms with Gasteiger partial charge in [0.05, 0.1) is 11.2 Å². The number of hydrogen-bond donors (Lipinski definition) is 1. The maximum Gasteiger partial charge on any atom is 0.285 e. The molecule has 0 radical (unpaired) electrons. The SMILES string of the molecule is C[C@@H]1CN(C)C(=O)C1C#Cc1cccc(-c2nc(C(N)=O)n3ccccc23)c1. The molecule has 0 spiro atoms. The maximum absolute atomic E-state index is 12.2. The van der Waals surface area contributed by atoms with Gasteiger partial charge in [-0.25, -0.2) is 4.98 Å². The Bertz CT molecular complexity index is 1150. The van der Waals surface area contributed by atoms with Crippen LogP contribution in [0.5, 0.6) is 0 Å². The van der Waals surface area contributed by atoms with Gasteiger partial charge in [-0.05, 0) is 30.2 Å². The second-order valence-electron chi connectivity index (χ2n) is 7.13. The van der Waals surface area contributed by atoms with E-state index in [4.69, 9.17) is 5.73 Å². The summed E-state index contributed by atoms with van der Waals surface area (Å²) in [4.78, 5) is 30.1. The molecular formula is C22H20N4O2. The minimum absolute atomic E-state index is 0.0716. The van der Waals surface area contributed by atoms with Crippen molar-refractivity contribution in [2.75, 3.05) is 13.6 Å². The molecular weight excluding hydrogens is 352 g/mol. The molecule has 2 amide bonds. The Morgan fingerprint density at radius 2 is 2.07 bits per heavy atom. The van der Waals surface area contributed by atoms with Crippen molar-refractivity contribution in [1.29, 1.82) is 0 Å². The molecule has 0 saturated carbocycles. The van der Waals surface area contributed by atoms with E-state index in [1.807, 2.05) is 49.4 Å². The van der Waals surface area contributed by atoms with Gasteiger partial charge in [0.25, 0.3) is 5.91 Å². The average molecular weight is 372 g/mol. The number of carbonyl (C=O) groups is 2. The summed E-state index contributed by atoms with van der Waals surface area (Å²) in [6.07, 6.45) is 1.76. The van der Waals surface area contributed by atoms with Crippen LogP contribution in [0.25, 0.3) is 16.8 Å². The van der Waals surface area contributed by atoms with E-state index < -0.39 is 5.91 Å². The first-order valence-electron chi connectivity index (χ1n) is 9.09. The summed E-state index contributed by atoms with van der Waals surface area (Å²) in [5.74, 6) is 5.87. The molecule has 3 heterocycles. The smallest absolute Gasteiger partial charge is 0.285 e. The normalized spacial score (nSPS) is 18.9. The third kappa shape index (κ3) is 3.01. The van der Waals surface area contributed by atoms with Crippen molar-refractivity contribution in [2.45, 2.75) is 6.92 Å². The first-order valence-corrected chi connectivity index (χ1v) is 9.09. The second-order valence-corrected chi connectivity index (χ2v) is 7.13. The highest BCUT2D eigenvalue weighted by atomic mass is 16.2. The molecule has 140 valence electrons. The lowest BCUT2D eigenvalue weighted by molar-refractivity contribution is -0.128. The molecule has 6 heteroatoms. The predicted molar refractivity (Wildman–Crippen MR) is 106 cm³/mol. The largest absolute Gasteiger partial charge is 0.363 e. The predicted octanol–water partition coefficient (Wildman–Crippen LogP) is 2.18. The highest BCUT2D eigenvalue weighted by Crippen LogP contribution is 2.26. The van der Waals surface area contributed by atoms with Gasteiger partial charge >= 0.3 is 0 Å². The summed E-state index contributed by atoms with van der Waals surface area (Å²) in [6.45, 7) is 2.77. The van der Waals surface area contributed by atoms with Crippen LogP contribution in [0.4, 0.5) is 0 Å². The molecule has 1 aliphatic rings. The van der Waals surface area contributed by atoms with Crippen molar-refractivity contribution in [3.8, 4) is 23.1 Å². The third-order valence-electron chi connectivity index (χ3n) is 5.05. The molecule has 1 aromatic carbocycles. The summed E-state index contributed by atoms with van der Waals surface area (Å²) in [7, 11) is 1.81. The van der Waals surface area contributed by atoms with Gasteiger partial charge < -0.3 is 10.6 Å². The van der Waals surface area contributed by atoms with Gasteiger partial charge in [-0.3, -0.25) is 14.0 Å². The number of rotatable bonds is 2. The van der Waals surface area contributed by atoms with Gasteiger partial charge in [0.2, 0.25) is 11.7 Å². The van der Waals surface area contributed by atoms with Crippen LogP contribution in [0.2, 0.25) is 0 Å². The Hall–Kier alpha value is -3.59. The summed E-state index contributed by atoms with van der Waals surface area (Å²) >= 11 is 0. The quantitative estimate of drug-likeness (QED) is 0.700. The van der Waals surface area contributed by atoms with Crippen LogP contribution in [-0.4, -0.2) is 39.7 Å². The highest BCUT2D eigenvalue weighted by molar-refractivity contribution is 5.93. The van der Waals surface area contributed by atoms with Gasteiger partial charge in [-0.2, -0.15) is 0 Å². The number of amides is 2. The number of nitrogens with zero attached hydrogens (tertiary/aromatic N) is 3. The number of fused-ring (bicyclic) bond motifs is 1. The van der Waals surface area contributed by atoms with Crippen molar-refractivity contribution in [3.05, 3.63) is 60.0 Å². The van der Waals surface area contributed by atoms with Gasteiger partial charge in [-0.1, -0.05) is 37.0 Å². The monoisotopic (exact) mass is 372 g/mol. The number of nitrogens with two attached hydrogens (primary N) is 1. The number of hydrogen-bond acceptors (Lipinski definition) is 3. The van der Waals surface area contributed by atoms with Crippen molar-refractivity contribution in [2.24, 2.45) is 17.6 Å². The van der Waals surface area contributed by atoms with Crippen LogP contribution >= 0.6 is 0 Å². The van der Waals surface area contributed by atoms with Gasteiger partial charge in [0.1, 0.15) is 5.92 Å². The topological polar surface area (TPSA) is 80.7 Å². The van der Waals surface area contributed by atoms with Crippen molar-refractivity contribution >= 4 is 17.3 Å². The van der Waals surface area contributed by atoms with Gasteiger partial charge in [0.15, 0.2) is 0 Å². The number of benzene rings is 1. The van der Waals surface area contributed by atoms with Crippen LogP contribution < -0.4 is 5.73 Å². The molecule has 1 unspecified atom stereocenters. The van der Waals surface area contributed by atoms with Crippen LogP contribution in [0.1, 0.15) is 23.1 Å². The average Bonchev–Trinajstić information content (AvgIpc) is 3.18. The molecule has 28 heavy (non-hydrogen) atoms. The Labute approximate surface area is 163 Å². The molecule has 3 aromatic rings. The zero-order valence-electron chi connectivity index (χ0n) is 15.7. The minimum Gasteiger partial charge on any atom is -0.363 e. The van der Waals surface area contributed by atoms with E-state index in [0.717, 1.165) is 23.2 Å². The van der Waals surface area contributed by atoms with Crippen LogP contribution in [0, 0.1) is 23.7 Å². The van der Waals surface area contributed by atoms with E-state index >= 15 is 0 Å². The number of imidazole rings is 1. The third-order valence-corrected chi connectivity index (χ3v) is 5.05. The first kappa shape index (κ1) is 17.8. The fourth-order valence-electron chi connectivity index (χ4n) is 3.64. The molecule has 2 atom stereocenters.